The highest BCUT2D eigenvalue weighted by molar-refractivity contribution is 6.04. The summed E-state index contributed by atoms with van der Waals surface area (Å²) in [7, 11) is 3.60. The molecule has 6 rings (SSSR count). The molecule has 11 nitrogen and oxygen atoms in total. The Bertz CT molecular complexity index is 2060. The number of aryl methyl sites for hydroxylation is 3. The molecule has 47 heavy (non-hydrogen) atoms. The molecule has 1 atom stereocenters. The molecule has 1 aliphatic heterocycles. The standard InChI is InChI=1S/C35H37FN6O5/c1-18-22-9-8-12-46-30(22)25(36)14-23(18)29-24-15-27(20-10-11-37-26(13-20)33(43)40-21-16-38-41(6)17-21)42(7)32(24)39-19(2)28(29)31(34(44)45)47-35(3,4)5/h10-11,13-17,31H,8-9,12H2,1-7H3,(H,40,43)(H,44,45)/t31-/m0/s1. The van der Waals surface area contributed by atoms with E-state index in [-0.39, 0.29) is 11.4 Å². The maximum absolute atomic E-state index is 15.7. The molecule has 0 bridgehead atoms. The van der Waals surface area contributed by atoms with Gasteiger partial charge in [0.2, 0.25) is 0 Å². The Morgan fingerprint density at radius 2 is 1.94 bits per heavy atom. The maximum Gasteiger partial charge on any atom is 0.337 e. The fraction of sp³-hybridized carbons (Fsp3) is 0.343. The lowest BCUT2D eigenvalue weighted by Crippen LogP contribution is -2.28. The lowest BCUT2D eigenvalue weighted by molar-refractivity contribution is -0.160. The van der Waals surface area contributed by atoms with Crippen LogP contribution < -0.4 is 10.1 Å². The van der Waals surface area contributed by atoms with E-state index in [4.69, 9.17) is 14.5 Å². The number of halogens is 1. The predicted octanol–water partition coefficient (Wildman–Crippen LogP) is 6.31. The number of carbonyl (C=O) groups is 2. The highest BCUT2D eigenvalue weighted by Crippen LogP contribution is 2.45. The average molecular weight is 641 g/mol. The van der Waals surface area contributed by atoms with Crippen molar-refractivity contribution in [1.82, 2.24) is 24.3 Å². The zero-order valence-corrected chi connectivity index (χ0v) is 27.4. The van der Waals surface area contributed by atoms with Crippen molar-refractivity contribution in [3.63, 3.8) is 0 Å². The number of hydrogen-bond acceptors (Lipinski definition) is 7. The lowest BCUT2D eigenvalue weighted by Gasteiger charge is -2.29. The molecule has 4 aromatic heterocycles. The molecule has 5 aromatic rings. The Labute approximate surface area is 271 Å². The number of fused-ring (bicyclic) bond motifs is 2. The van der Waals surface area contributed by atoms with Crippen LogP contribution in [0.3, 0.4) is 0 Å². The zero-order chi connectivity index (χ0) is 33.8. The molecule has 5 heterocycles. The molecule has 1 amide bonds. The van der Waals surface area contributed by atoms with E-state index in [2.05, 4.69) is 15.4 Å². The highest BCUT2D eigenvalue weighted by atomic mass is 19.1. The van der Waals surface area contributed by atoms with Crippen molar-refractivity contribution >= 4 is 28.6 Å². The van der Waals surface area contributed by atoms with Crippen molar-refractivity contribution in [1.29, 1.82) is 0 Å². The number of carboxylic acid groups (broad SMARTS) is 1. The molecule has 0 aliphatic carbocycles. The van der Waals surface area contributed by atoms with Crippen molar-refractivity contribution in [2.45, 2.75) is 59.2 Å². The molecule has 1 aromatic carbocycles. The number of benzene rings is 1. The highest BCUT2D eigenvalue weighted by Gasteiger charge is 2.34. The van der Waals surface area contributed by atoms with Gasteiger partial charge in [0.15, 0.2) is 17.7 Å². The molecule has 0 radical (unpaired) electrons. The lowest BCUT2D eigenvalue weighted by atomic mass is 9.86. The number of amides is 1. The number of aliphatic carboxylic acids is 1. The van der Waals surface area contributed by atoms with Crippen molar-refractivity contribution in [3.05, 3.63) is 76.8 Å². The Morgan fingerprint density at radius 1 is 1.17 bits per heavy atom. The van der Waals surface area contributed by atoms with Crippen LogP contribution in [0.1, 0.15) is 66.2 Å². The molecule has 12 heteroatoms. The van der Waals surface area contributed by atoms with Crippen LogP contribution in [0.4, 0.5) is 10.1 Å². The SMILES string of the molecule is Cc1nc2c(cc(-c3ccnc(C(=O)Nc4cnn(C)c4)c3)n2C)c(-c2cc(F)c3c(c2C)CCCO3)c1[C@H](OC(C)(C)C)C(=O)O. The molecule has 0 unspecified atom stereocenters. The van der Waals surface area contributed by atoms with Crippen LogP contribution >= 0.6 is 0 Å². The predicted molar refractivity (Wildman–Crippen MR) is 175 cm³/mol. The second kappa shape index (κ2) is 11.9. The summed E-state index contributed by atoms with van der Waals surface area (Å²) < 4.78 is 31.1. The van der Waals surface area contributed by atoms with E-state index < -0.39 is 29.4 Å². The van der Waals surface area contributed by atoms with E-state index in [9.17, 15) is 14.7 Å². The number of carbonyl (C=O) groups excluding carboxylic acids is 1. The van der Waals surface area contributed by atoms with Crippen molar-refractivity contribution in [2.75, 3.05) is 11.9 Å². The Hall–Kier alpha value is -5.10. The van der Waals surface area contributed by atoms with Crippen LogP contribution in [0, 0.1) is 19.7 Å². The van der Waals surface area contributed by atoms with E-state index in [1.165, 1.54) is 6.07 Å². The van der Waals surface area contributed by atoms with Gasteiger partial charge >= 0.3 is 5.97 Å². The quantitative estimate of drug-likeness (QED) is 0.212. The number of hydrogen-bond donors (Lipinski definition) is 2. The first kappa shape index (κ1) is 31.9. The van der Waals surface area contributed by atoms with Gasteiger partial charge in [0.05, 0.1) is 29.8 Å². The van der Waals surface area contributed by atoms with Crippen molar-refractivity contribution in [3.8, 4) is 28.1 Å². The summed E-state index contributed by atoms with van der Waals surface area (Å²) in [6, 6.07) is 6.78. The van der Waals surface area contributed by atoms with Crippen molar-refractivity contribution in [2.24, 2.45) is 14.1 Å². The number of rotatable bonds is 7. The molecule has 2 N–H and O–H groups in total. The molecule has 244 valence electrons. The van der Waals surface area contributed by atoms with Crippen LogP contribution in [0.2, 0.25) is 0 Å². The smallest absolute Gasteiger partial charge is 0.337 e. The van der Waals surface area contributed by atoms with Crippen LogP contribution in [-0.4, -0.2) is 53.5 Å². The third kappa shape index (κ3) is 5.96. The van der Waals surface area contributed by atoms with Gasteiger partial charge in [0, 0.05) is 59.8 Å². The molecule has 1 aliphatic rings. The number of anilines is 1. The minimum atomic E-state index is -1.39. The Morgan fingerprint density at radius 3 is 2.62 bits per heavy atom. The molecule has 0 fully saturated rings. The number of pyridine rings is 2. The van der Waals surface area contributed by atoms with E-state index in [0.29, 0.717) is 63.4 Å². The molecular weight excluding hydrogens is 603 g/mol. The number of aromatic nitrogens is 5. The van der Waals surface area contributed by atoms with Gasteiger partial charge in [-0.2, -0.15) is 5.10 Å². The minimum absolute atomic E-state index is 0.193. The van der Waals surface area contributed by atoms with E-state index in [1.54, 1.807) is 70.1 Å². The van der Waals surface area contributed by atoms with Crippen LogP contribution in [0.15, 0.2) is 42.9 Å². The summed E-state index contributed by atoms with van der Waals surface area (Å²) in [5.41, 5.74) is 5.29. The third-order valence-electron chi connectivity index (χ3n) is 8.32. The first-order valence-corrected chi connectivity index (χ1v) is 15.4. The monoisotopic (exact) mass is 640 g/mol. The second-order valence-electron chi connectivity index (χ2n) is 12.8. The van der Waals surface area contributed by atoms with Gasteiger partial charge in [-0.3, -0.25) is 14.5 Å². The van der Waals surface area contributed by atoms with E-state index in [0.717, 1.165) is 17.5 Å². The van der Waals surface area contributed by atoms with Gasteiger partial charge in [-0.05, 0) is 82.9 Å². The molecule has 0 saturated carbocycles. The second-order valence-corrected chi connectivity index (χ2v) is 12.8. The van der Waals surface area contributed by atoms with Crippen molar-refractivity contribution < 1.29 is 28.6 Å². The van der Waals surface area contributed by atoms with Gasteiger partial charge in [0.25, 0.3) is 5.91 Å². The fourth-order valence-corrected chi connectivity index (χ4v) is 6.24. The van der Waals surface area contributed by atoms with E-state index >= 15 is 4.39 Å². The van der Waals surface area contributed by atoms with Gasteiger partial charge in [-0.15, -0.1) is 0 Å². The zero-order valence-electron chi connectivity index (χ0n) is 27.4. The third-order valence-corrected chi connectivity index (χ3v) is 8.32. The first-order valence-electron chi connectivity index (χ1n) is 15.4. The fourth-order valence-electron chi connectivity index (χ4n) is 6.24. The number of nitrogens with zero attached hydrogens (tertiary/aromatic N) is 5. The van der Waals surface area contributed by atoms with Gasteiger partial charge in [0.1, 0.15) is 11.3 Å². The van der Waals surface area contributed by atoms with Gasteiger partial charge in [-0.1, -0.05) is 0 Å². The topological polar surface area (TPSA) is 133 Å². The van der Waals surface area contributed by atoms with Gasteiger partial charge in [-0.25, -0.2) is 14.2 Å². The summed E-state index contributed by atoms with van der Waals surface area (Å²) in [5, 5.41) is 18.0. The van der Waals surface area contributed by atoms with Crippen LogP contribution in [0.5, 0.6) is 5.75 Å². The normalized spacial score (nSPS) is 13.7. The van der Waals surface area contributed by atoms with Crippen LogP contribution in [-0.2, 0) is 30.0 Å². The summed E-state index contributed by atoms with van der Waals surface area (Å²) in [5.74, 6) is -1.85. The molecular formula is C35H37FN6O5. The number of carboxylic acids is 1. The summed E-state index contributed by atoms with van der Waals surface area (Å²) in [6.07, 6.45) is 4.78. The largest absolute Gasteiger partial charge is 0.490 e. The number of ether oxygens (including phenoxy) is 2. The summed E-state index contributed by atoms with van der Waals surface area (Å²) in [6.45, 7) is 9.45. The first-order chi connectivity index (χ1) is 22.2. The maximum atomic E-state index is 15.7. The van der Waals surface area contributed by atoms with E-state index in [1.807, 2.05) is 24.6 Å². The number of nitrogens with one attached hydrogen (secondary N) is 1. The van der Waals surface area contributed by atoms with Gasteiger partial charge < -0.3 is 24.5 Å². The molecule has 0 saturated heterocycles. The van der Waals surface area contributed by atoms with Crippen LogP contribution in [0.25, 0.3) is 33.4 Å². The summed E-state index contributed by atoms with van der Waals surface area (Å²) >= 11 is 0. The summed E-state index contributed by atoms with van der Waals surface area (Å²) in [4.78, 5) is 35.1. The average Bonchev–Trinajstić information content (AvgIpc) is 3.58. The Balaban J connectivity index is 1.59. The minimum Gasteiger partial charge on any atom is -0.490 e. The molecule has 0 spiro atoms. The Kier molecular flexibility index (Phi) is 8.08.